The minimum absolute atomic E-state index is 0.469. The van der Waals surface area contributed by atoms with E-state index >= 15 is 0 Å². The van der Waals surface area contributed by atoms with E-state index < -0.39 is 5.97 Å². The van der Waals surface area contributed by atoms with Crippen molar-refractivity contribution in [2.24, 2.45) is 0 Å². The first-order valence-corrected chi connectivity index (χ1v) is 5.98. The van der Waals surface area contributed by atoms with E-state index in [0.717, 1.165) is 24.0 Å². The van der Waals surface area contributed by atoms with Crippen molar-refractivity contribution in [3.63, 3.8) is 0 Å². The maximum atomic E-state index is 11.1. The number of hydrogen-bond acceptors (Lipinski definition) is 1. The molecule has 0 aromatic heterocycles. The van der Waals surface area contributed by atoms with E-state index in [2.05, 4.69) is 6.92 Å². The van der Waals surface area contributed by atoms with Crippen molar-refractivity contribution in [2.75, 3.05) is 0 Å². The summed E-state index contributed by atoms with van der Waals surface area (Å²) in [6.45, 7) is 4.16. The third kappa shape index (κ3) is 3.37. The highest BCUT2D eigenvalue weighted by Crippen LogP contribution is 2.17. The van der Waals surface area contributed by atoms with Gasteiger partial charge in [-0.1, -0.05) is 38.3 Å². The summed E-state index contributed by atoms with van der Waals surface area (Å²) in [5, 5.41) is 9.09. The highest BCUT2D eigenvalue weighted by Gasteiger charge is 2.10. The van der Waals surface area contributed by atoms with Crippen molar-refractivity contribution < 1.29 is 9.90 Å². The largest absolute Gasteiger partial charge is 0.478 e. The van der Waals surface area contributed by atoms with Crippen LogP contribution in [0.5, 0.6) is 0 Å². The Kier molecular flexibility index (Phi) is 5.03. The second-order valence-electron chi connectivity index (χ2n) is 4.22. The number of hydrogen-bond donors (Lipinski definition) is 1. The monoisotopic (exact) mass is 220 g/mol. The van der Waals surface area contributed by atoms with Gasteiger partial charge in [-0.25, -0.2) is 4.79 Å². The van der Waals surface area contributed by atoms with E-state index in [4.69, 9.17) is 5.11 Å². The predicted octanol–water partition coefficient (Wildman–Crippen LogP) is 3.82. The van der Waals surface area contributed by atoms with Crippen molar-refractivity contribution in [1.82, 2.24) is 0 Å². The van der Waals surface area contributed by atoms with Crippen molar-refractivity contribution in [3.8, 4) is 0 Å². The number of aromatic carboxylic acids is 1. The van der Waals surface area contributed by atoms with Gasteiger partial charge in [0.25, 0.3) is 0 Å². The highest BCUT2D eigenvalue weighted by atomic mass is 16.4. The molecule has 0 unspecified atom stereocenters. The van der Waals surface area contributed by atoms with Gasteiger partial charge in [0.2, 0.25) is 0 Å². The fourth-order valence-corrected chi connectivity index (χ4v) is 1.96. The van der Waals surface area contributed by atoms with Gasteiger partial charge in [-0.2, -0.15) is 0 Å². The molecule has 88 valence electrons. The van der Waals surface area contributed by atoms with Gasteiger partial charge < -0.3 is 5.11 Å². The van der Waals surface area contributed by atoms with E-state index in [0.29, 0.717) is 5.56 Å². The second kappa shape index (κ2) is 6.31. The molecule has 1 aromatic rings. The Labute approximate surface area is 97.3 Å². The van der Waals surface area contributed by atoms with Crippen LogP contribution in [0.25, 0.3) is 0 Å². The molecule has 1 rings (SSSR count). The molecule has 0 amide bonds. The number of carboxylic acids is 1. The molecule has 2 heteroatoms. The first-order chi connectivity index (χ1) is 7.66. The molecule has 0 aliphatic carbocycles. The lowest BCUT2D eigenvalue weighted by molar-refractivity contribution is 0.0695. The summed E-state index contributed by atoms with van der Waals surface area (Å²) in [4.78, 5) is 11.1. The van der Waals surface area contributed by atoms with Crippen LogP contribution in [0.4, 0.5) is 0 Å². The quantitative estimate of drug-likeness (QED) is 0.740. The zero-order valence-electron chi connectivity index (χ0n) is 10.1. The maximum Gasteiger partial charge on any atom is 0.335 e. The Balaban J connectivity index is 2.73. The van der Waals surface area contributed by atoms with Gasteiger partial charge >= 0.3 is 5.97 Å². The first-order valence-electron chi connectivity index (χ1n) is 5.98. The molecule has 0 atom stereocenters. The van der Waals surface area contributed by atoms with Crippen LogP contribution in [0, 0.1) is 6.92 Å². The Bertz CT molecular complexity index is 356. The number of unbranched alkanes of at least 4 members (excludes halogenated alkanes) is 3. The van der Waals surface area contributed by atoms with Gasteiger partial charge in [-0.05, 0) is 37.0 Å². The van der Waals surface area contributed by atoms with Crippen LogP contribution in [0.1, 0.15) is 54.1 Å². The Hall–Kier alpha value is -1.31. The van der Waals surface area contributed by atoms with E-state index in [-0.39, 0.29) is 0 Å². The molecule has 0 aliphatic heterocycles. The SMILES string of the molecule is CCCCCCc1c(C)cccc1C(=O)O. The lowest BCUT2D eigenvalue weighted by Gasteiger charge is -2.09. The highest BCUT2D eigenvalue weighted by molar-refractivity contribution is 5.89. The molecule has 1 aromatic carbocycles. The predicted molar refractivity (Wildman–Crippen MR) is 66.0 cm³/mol. The minimum Gasteiger partial charge on any atom is -0.478 e. The molecule has 0 bridgehead atoms. The van der Waals surface area contributed by atoms with Crippen LogP contribution in [0.3, 0.4) is 0 Å². The molecule has 0 spiro atoms. The number of carboxylic acid groups (broad SMARTS) is 1. The molecule has 0 fully saturated rings. The fraction of sp³-hybridized carbons (Fsp3) is 0.500. The van der Waals surface area contributed by atoms with Crippen LogP contribution >= 0.6 is 0 Å². The Morgan fingerprint density at radius 1 is 1.25 bits per heavy atom. The molecule has 16 heavy (non-hydrogen) atoms. The Morgan fingerprint density at radius 3 is 2.62 bits per heavy atom. The molecular weight excluding hydrogens is 200 g/mol. The molecule has 0 aliphatic rings. The zero-order valence-corrected chi connectivity index (χ0v) is 10.1. The number of aryl methyl sites for hydroxylation is 1. The Morgan fingerprint density at radius 2 is 2.00 bits per heavy atom. The van der Waals surface area contributed by atoms with Crippen molar-refractivity contribution in [2.45, 2.75) is 46.0 Å². The third-order valence-corrected chi connectivity index (χ3v) is 2.92. The number of rotatable bonds is 6. The molecule has 1 N–H and O–H groups in total. The minimum atomic E-state index is -0.811. The summed E-state index contributed by atoms with van der Waals surface area (Å²) in [6.07, 6.45) is 5.59. The summed E-state index contributed by atoms with van der Waals surface area (Å²) >= 11 is 0. The average molecular weight is 220 g/mol. The lowest BCUT2D eigenvalue weighted by atomic mass is 9.96. The van der Waals surface area contributed by atoms with E-state index in [1.54, 1.807) is 6.07 Å². The van der Waals surface area contributed by atoms with E-state index in [1.165, 1.54) is 19.3 Å². The van der Waals surface area contributed by atoms with Gasteiger partial charge in [0.15, 0.2) is 0 Å². The standard InChI is InChI=1S/C14H20O2/c1-3-4-5-6-9-12-11(2)8-7-10-13(12)14(15)16/h7-8,10H,3-6,9H2,1-2H3,(H,15,16). The number of carbonyl (C=O) groups is 1. The van der Waals surface area contributed by atoms with Gasteiger partial charge in [0.1, 0.15) is 0 Å². The average Bonchev–Trinajstić information content (AvgIpc) is 2.25. The smallest absolute Gasteiger partial charge is 0.335 e. The van der Waals surface area contributed by atoms with Crippen LogP contribution in [0.15, 0.2) is 18.2 Å². The van der Waals surface area contributed by atoms with Crippen molar-refractivity contribution in [3.05, 3.63) is 34.9 Å². The van der Waals surface area contributed by atoms with Gasteiger partial charge in [0, 0.05) is 0 Å². The van der Waals surface area contributed by atoms with Crippen molar-refractivity contribution >= 4 is 5.97 Å². The van der Waals surface area contributed by atoms with E-state index in [9.17, 15) is 4.79 Å². The zero-order chi connectivity index (χ0) is 12.0. The summed E-state index contributed by atoms with van der Waals surface area (Å²) in [7, 11) is 0. The van der Waals surface area contributed by atoms with Gasteiger partial charge in [-0.3, -0.25) is 0 Å². The molecule has 0 heterocycles. The topological polar surface area (TPSA) is 37.3 Å². The molecule has 0 saturated heterocycles. The summed E-state index contributed by atoms with van der Waals surface area (Å²) in [6, 6.07) is 5.50. The normalized spacial score (nSPS) is 10.4. The van der Waals surface area contributed by atoms with Gasteiger partial charge in [-0.15, -0.1) is 0 Å². The van der Waals surface area contributed by atoms with Crippen LogP contribution < -0.4 is 0 Å². The lowest BCUT2D eigenvalue weighted by Crippen LogP contribution is -2.04. The van der Waals surface area contributed by atoms with Crippen LogP contribution in [0.2, 0.25) is 0 Å². The van der Waals surface area contributed by atoms with Crippen LogP contribution in [-0.4, -0.2) is 11.1 Å². The fourth-order valence-electron chi connectivity index (χ4n) is 1.96. The maximum absolute atomic E-state index is 11.1. The molecule has 2 nitrogen and oxygen atoms in total. The van der Waals surface area contributed by atoms with Gasteiger partial charge in [0.05, 0.1) is 5.56 Å². The molecular formula is C14H20O2. The summed E-state index contributed by atoms with van der Waals surface area (Å²) in [5.74, 6) is -0.811. The molecule has 0 radical (unpaired) electrons. The molecule has 0 saturated carbocycles. The first kappa shape index (κ1) is 12.8. The summed E-state index contributed by atoms with van der Waals surface area (Å²) < 4.78 is 0. The van der Waals surface area contributed by atoms with Crippen molar-refractivity contribution in [1.29, 1.82) is 0 Å². The number of benzene rings is 1. The van der Waals surface area contributed by atoms with E-state index in [1.807, 2.05) is 19.1 Å². The summed E-state index contributed by atoms with van der Waals surface area (Å²) in [5.41, 5.74) is 2.57. The second-order valence-corrected chi connectivity index (χ2v) is 4.22. The third-order valence-electron chi connectivity index (χ3n) is 2.92. The van der Waals surface area contributed by atoms with Crippen LogP contribution in [-0.2, 0) is 6.42 Å².